The Morgan fingerprint density at radius 2 is 1.33 bits per heavy atom. The summed E-state index contributed by atoms with van der Waals surface area (Å²) in [6, 6.07) is 0. The molecule has 4 aliphatic carbocycles. The molecular weight excluding hydrogens is 192 g/mol. The van der Waals surface area contributed by atoms with Crippen molar-refractivity contribution in [1.29, 1.82) is 0 Å². The van der Waals surface area contributed by atoms with E-state index in [9.17, 15) is 9.59 Å². The molecule has 0 aromatic heterocycles. The number of ketones is 1. The second-order valence-electron chi connectivity index (χ2n) is 5.83. The van der Waals surface area contributed by atoms with E-state index in [-0.39, 0.29) is 0 Å². The van der Waals surface area contributed by atoms with E-state index >= 15 is 0 Å². The smallest absolute Gasteiger partial charge is 0.372 e. The molecule has 0 aliphatic heterocycles. The van der Waals surface area contributed by atoms with Gasteiger partial charge in [-0.1, -0.05) is 0 Å². The molecule has 0 radical (unpaired) electrons. The summed E-state index contributed by atoms with van der Waals surface area (Å²) < 4.78 is 0. The Morgan fingerprint density at radius 1 is 0.933 bits per heavy atom. The van der Waals surface area contributed by atoms with Gasteiger partial charge >= 0.3 is 5.97 Å². The monoisotopic (exact) mass is 208 g/mol. The van der Waals surface area contributed by atoms with Gasteiger partial charge < -0.3 is 5.11 Å². The largest absolute Gasteiger partial charge is 0.475 e. The van der Waals surface area contributed by atoms with Gasteiger partial charge in [-0.15, -0.1) is 0 Å². The molecule has 0 aromatic rings. The van der Waals surface area contributed by atoms with Crippen molar-refractivity contribution in [1.82, 2.24) is 0 Å². The normalized spacial score (nSPS) is 46.8. The van der Waals surface area contributed by atoms with E-state index in [2.05, 4.69) is 0 Å². The van der Waals surface area contributed by atoms with Crippen LogP contribution >= 0.6 is 0 Å². The molecule has 0 spiro atoms. The molecule has 82 valence electrons. The Morgan fingerprint density at radius 3 is 1.67 bits per heavy atom. The van der Waals surface area contributed by atoms with Crippen LogP contribution in [0.1, 0.15) is 38.5 Å². The number of carboxylic acid groups (broad SMARTS) is 1. The standard InChI is InChI=1S/C12H16O3/c13-10(11(14)15)12-4-7-1-8(5-12)3-9(2-7)6-12/h7-9H,1-6H2,(H,14,15). The number of aliphatic carboxylic acids is 1. The number of carbonyl (C=O) groups is 2. The lowest BCUT2D eigenvalue weighted by Crippen LogP contribution is -2.51. The van der Waals surface area contributed by atoms with E-state index < -0.39 is 17.2 Å². The van der Waals surface area contributed by atoms with E-state index in [4.69, 9.17) is 5.11 Å². The summed E-state index contributed by atoms with van der Waals surface area (Å²) in [6.07, 6.45) is 6.28. The lowest BCUT2D eigenvalue weighted by molar-refractivity contribution is -0.162. The highest BCUT2D eigenvalue weighted by Gasteiger charge is 2.55. The van der Waals surface area contributed by atoms with Crippen LogP contribution < -0.4 is 0 Å². The summed E-state index contributed by atoms with van der Waals surface area (Å²) in [7, 11) is 0. The fraction of sp³-hybridized carbons (Fsp3) is 0.833. The third-order valence-electron chi connectivity index (χ3n) is 4.71. The van der Waals surface area contributed by atoms with Gasteiger partial charge in [0.2, 0.25) is 5.78 Å². The Hall–Kier alpha value is -0.860. The molecule has 0 unspecified atom stereocenters. The summed E-state index contributed by atoms with van der Waals surface area (Å²) in [5.41, 5.74) is -0.458. The predicted octanol–water partition coefficient (Wildman–Crippen LogP) is 1.86. The van der Waals surface area contributed by atoms with Gasteiger partial charge in [0.25, 0.3) is 0 Å². The molecule has 4 bridgehead atoms. The zero-order valence-electron chi connectivity index (χ0n) is 8.74. The third-order valence-corrected chi connectivity index (χ3v) is 4.71. The Bertz CT molecular complexity index is 296. The number of hydrogen-bond acceptors (Lipinski definition) is 2. The van der Waals surface area contributed by atoms with Crippen molar-refractivity contribution in [2.24, 2.45) is 23.2 Å². The highest BCUT2D eigenvalue weighted by Crippen LogP contribution is 2.60. The van der Waals surface area contributed by atoms with Crippen LogP contribution in [-0.2, 0) is 9.59 Å². The van der Waals surface area contributed by atoms with Gasteiger partial charge in [0.15, 0.2) is 0 Å². The molecule has 0 atom stereocenters. The quantitative estimate of drug-likeness (QED) is 0.705. The van der Waals surface area contributed by atoms with Crippen molar-refractivity contribution < 1.29 is 14.7 Å². The second-order valence-corrected chi connectivity index (χ2v) is 5.83. The average molecular weight is 208 g/mol. The topological polar surface area (TPSA) is 54.4 Å². The molecule has 3 heteroatoms. The third kappa shape index (κ3) is 1.25. The lowest BCUT2D eigenvalue weighted by Gasteiger charge is -2.55. The van der Waals surface area contributed by atoms with E-state index in [1.54, 1.807) is 0 Å². The van der Waals surface area contributed by atoms with Crippen molar-refractivity contribution in [2.45, 2.75) is 38.5 Å². The maximum Gasteiger partial charge on any atom is 0.372 e. The van der Waals surface area contributed by atoms with Crippen molar-refractivity contribution in [2.75, 3.05) is 0 Å². The molecule has 3 nitrogen and oxygen atoms in total. The van der Waals surface area contributed by atoms with Crippen molar-refractivity contribution >= 4 is 11.8 Å². The highest BCUT2D eigenvalue weighted by molar-refractivity contribution is 6.34. The molecule has 4 aliphatic rings. The molecule has 4 rings (SSSR count). The number of carboxylic acids is 1. The summed E-state index contributed by atoms with van der Waals surface area (Å²) in [5, 5.41) is 8.89. The van der Waals surface area contributed by atoms with Crippen LogP contribution in [0.3, 0.4) is 0 Å². The first-order valence-corrected chi connectivity index (χ1v) is 5.87. The molecule has 15 heavy (non-hydrogen) atoms. The molecule has 4 fully saturated rings. The Labute approximate surface area is 88.9 Å². The van der Waals surface area contributed by atoms with Crippen LogP contribution in [0.2, 0.25) is 0 Å². The maximum atomic E-state index is 11.8. The van der Waals surface area contributed by atoms with Gasteiger partial charge in [-0.05, 0) is 56.3 Å². The summed E-state index contributed by atoms with van der Waals surface area (Å²) >= 11 is 0. The molecule has 0 heterocycles. The number of Topliss-reactive ketones (excluding diaryl/α,β-unsaturated/α-hetero) is 1. The zero-order chi connectivity index (χ0) is 10.6. The van der Waals surface area contributed by atoms with Crippen molar-refractivity contribution in [3.63, 3.8) is 0 Å². The van der Waals surface area contributed by atoms with Crippen molar-refractivity contribution in [3.8, 4) is 0 Å². The van der Waals surface area contributed by atoms with Crippen LogP contribution in [0.5, 0.6) is 0 Å². The van der Waals surface area contributed by atoms with E-state index in [0.717, 1.165) is 19.3 Å². The van der Waals surface area contributed by atoms with Crippen LogP contribution in [0.15, 0.2) is 0 Å². The van der Waals surface area contributed by atoms with Gasteiger partial charge in [-0.3, -0.25) is 4.79 Å². The molecular formula is C12H16O3. The second kappa shape index (κ2) is 2.83. The molecule has 1 N–H and O–H groups in total. The fourth-order valence-electron chi connectivity index (χ4n) is 4.62. The van der Waals surface area contributed by atoms with Crippen LogP contribution in [0.25, 0.3) is 0 Å². The van der Waals surface area contributed by atoms with Crippen LogP contribution in [-0.4, -0.2) is 16.9 Å². The van der Waals surface area contributed by atoms with Gasteiger partial charge in [0.1, 0.15) is 0 Å². The maximum absolute atomic E-state index is 11.8. The highest BCUT2D eigenvalue weighted by atomic mass is 16.4. The van der Waals surface area contributed by atoms with E-state index in [0.29, 0.717) is 17.8 Å². The first-order chi connectivity index (χ1) is 7.09. The van der Waals surface area contributed by atoms with Crippen molar-refractivity contribution in [3.05, 3.63) is 0 Å². The first-order valence-electron chi connectivity index (χ1n) is 5.87. The van der Waals surface area contributed by atoms with Gasteiger partial charge in [0, 0.05) is 5.41 Å². The Kier molecular flexibility index (Phi) is 1.77. The SMILES string of the molecule is O=C(O)C(=O)C12CC3CC(CC(C3)C1)C2. The molecule has 0 saturated heterocycles. The Balaban J connectivity index is 1.93. The number of hydrogen-bond donors (Lipinski definition) is 1. The fourth-order valence-corrected chi connectivity index (χ4v) is 4.62. The van der Waals surface area contributed by atoms with Gasteiger partial charge in [0.05, 0.1) is 0 Å². The number of rotatable bonds is 2. The van der Waals surface area contributed by atoms with Crippen LogP contribution in [0, 0.1) is 23.2 Å². The molecule has 0 aromatic carbocycles. The molecule has 4 saturated carbocycles. The lowest BCUT2D eigenvalue weighted by atomic mass is 9.48. The minimum Gasteiger partial charge on any atom is -0.475 e. The minimum absolute atomic E-state index is 0.458. The summed E-state index contributed by atoms with van der Waals surface area (Å²) in [4.78, 5) is 22.7. The predicted molar refractivity (Wildman–Crippen MR) is 53.2 cm³/mol. The van der Waals surface area contributed by atoms with Gasteiger partial charge in [-0.25, -0.2) is 4.79 Å². The van der Waals surface area contributed by atoms with E-state index in [1.165, 1.54) is 19.3 Å². The van der Waals surface area contributed by atoms with E-state index in [1.807, 2.05) is 0 Å². The van der Waals surface area contributed by atoms with Crippen LogP contribution in [0.4, 0.5) is 0 Å². The van der Waals surface area contributed by atoms with Gasteiger partial charge in [-0.2, -0.15) is 0 Å². The number of carbonyl (C=O) groups excluding carboxylic acids is 1. The zero-order valence-corrected chi connectivity index (χ0v) is 8.74. The minimum atomic E-state index is -1.21. The summed E-state index contributed by atoms with van der Waals surface area (Å²) in [5.74, 6) is 0.206. The molecule has 0 amide bonds. The summed E-state index contributed by atoms with van der Waals surface area (Å²) in [6.45, 7) is 0. The average Bonchev–Trinajstić information content (AvgIpc) is 2.14. The first kappa shape index (κ1) is 9.37.